The summed E-state index contributed by atoms with van der Waals surface area (Å²) in [4.78, 5) is 11.1. The Morgan fingerprint density at radius 1 is 1.28 bits per heavy atom. The van der Waals surface area contributed by atoms with Crippen LogP contribution < -0.4 is 9.47 Å². The molecule has 0 amide bonds. The van der Waals surface area contributed by atoms with Crippen molar-refractivity contribution >= 4 is 6.29 Å². The first-order valence-corrected chi connectivity index (χ1v) is 5.35. The second-order valence-corrected chi connectivity index (χ2v) is 3.66. The third kappa shape index (κ3) is 1.84. The van der Waals surface area contributed by atoms with Crippen molar-refractivity contribution in [2.45, 2.75) is 6.92 Å². The third-order valence-electron chi connectivity index (χ3n) is 2.68. The van der Waals surface area contributed by atoms with E-state index in [0.717, 1.165) is 6.29 Å². The summed E-state index contributed by atoms with van der Waals surface area (Å²) in [6.45, 7) is 1.69. The molecule has 18 heavy (non-hydrogen) atoms. The lowest BCUT2D eigenvalue weighted by Crippen LogP contribution is -1.95. The van der Waals surface area contributed by atoms with Gasteiger partial charge in [0.1, 0.15) is 11.5 Å². The highest BCUT2D eigenvalue weighted by Gasteiger charge is 2.19. The van der Waals surface area contributed by atoms with Crippen molar-refractivity contribution in [3.05, 3.63) is 29.5 Å². The summed E-state index contributed by atoms with van der Waals surface area (Å²) >= 11 is 0. The summed E-state index contributed by atoms with van der Waals surface area (Å²) in [7, 11) is 3.09. The lowest BCUT2D eigenvalue weighted by atomic mass is 10.1. The molecule has 0 atom stereocenters. The van der Waals surface area contributed by atoms with Crippen LogP contribution >= 0.6 is 0 Å². The molecule has 0 saturated carbocycles. The van der Waals surface area contributed by atoms with Crippen LogP contribution in [0.2, 0.25) is 0 Å². The molecular weight excluding hydrogens is 234 g/mol. The Bertz CT molecular complexity index is 574. The maximum Gasteiger partial charge on any atom is 0.170 e. The van der Waals surface area contributed by atoms with E-state index in [2.05, 4.69) is 5.16 Å². The third-order valence-corrected chi connectivity index (χ3v) is 2.68. The van der Waals surface area contributed by atoms with E-state index in [-0.39, 0.29) is 0 Å². The number of hydrogen-bond donors (Lipinski definition) is 0. The van der Waals surface area contributed by atoms with E-state index in [4.69, 9.17) is 14.0 Å². The Hall–Kier alpha value is -2.30. The molecule has 0 fully saturated rings. The van der Waals surface area contributed by atoms with E-state index in [9.17, 15) is 4.79 Å². The predicted octanol–water partition coefficient (Wildman–Crippen LogP) is 2.48. The van der Waals surface area contributed by atoms with Crippen molar-refractivity contribution in [2.75, 3.05) is 14.2 Å². The molecule has 2 aromatic rings. The first-order valence-electron chi connectivity index (χ1n) is 5.35. The van der Waals surface area contributed by atoms with E-state index in [1.165, 1.54) is 7.11 Å². The predicted molar refractivity (Wildman–Crippen MR) is 65.2 cm³/mol. The molecule has 5 nitrogen and oxygen atoms in total. The van der Waals surface area contributed by atoms with Gasteiger partial charge in [-0.05, 0) is 19.1 Å². The molecule has 1 aromatic heterocycles. The average Bonchev–Trinajstić information content (AvgIpc) is 2.78. The zero-order valence-electron chi connectivity index (χ0n) is 10.4. The average molecular weight is 247 g/mol. The molecule has 5 heteroatoms. The number of carbonyl (C=O) groups is 1. The molecular formula is C13H13NO4. The summed E-state index contributed by atoms with van der Waals surface area (Å²) in [5.74, 6) is 1.58. The topological polar surface area (TPSA) is 61.6 Å². The van der Waals surface area contributed by atoms with E-state index in [1.54, 1.807) is 32.2 Å². The van der Waals surface area contributed by atoms with Gasteiger partial charge in [0.25, 0.3) is 0 Å². The molecule has 94 valence electrons. The molecule has 1 aromatic carbocycles. The van der Waals surface area contributed by atoms with Crippen LogP contribution in [0.5, 0.6) is 11.5 Å². The minimum atomic E-state index is 0.418. The molecule has 0 bridgehead atoms. The van der Waals surface area contributed by atoms with Gasteiger partial charge in [0.05, 0.1) is 25.3 Å². The molecule has 0 N–H and O–H groups in total. The fourth-order valence-electron chi connectivity index (χ4n) is 1.79. The summed E-state index contributed by atoms with van der Waals surface area (Å²) < 4.78 is 15.6. The van der Waals surface area contributed by atoms with Crippen molar-refractivity contribution in [2.24, 2.45) is 0 Å². The SMILES string of the molecule is COc1cccc(-c2noc(C)c2C=O)c1OC. The second-order valence-electron chi connectivity index (χ2n) is 3.66. The van der Waals surface area contributed by atoms with Gasteiger partial charge >= 0.3 is 0 Å². The summed E-state index contributed by atoms with van der Waals surface area (Å²) in [5.41, 5.74) is 1.54. The van der Waals surface area contributed by atoms with Crippen LogP contribution in [0.25, 0.3) is 11.3 Å². The number of nitrogens with zero attached hydrogens (tertiary/aromatic N) is 1. The fourth-order valence-corrected chi connectivity index (χ4v) is 1.79. The lowest BCUT2D eigenvalue weighted by Gasteiger charge is -2.10. The summed E-state index contributed by atoms with van der Waals surface area (Å²) in [6.07, 6.45) is 0.722. The quantitative estimate of drug-likeness (QED) is 0.777. The molecule has 0 aliphatic heterocycles. The maximum atomic E-state index is 11.1. The Morgan fingerprint density at radius 2 is 2.06 bits per heavy atom. The van der Waals surface area contributed by atoms with Gasteiger partial charge in [-0.3, -0.25) is 4.79 Å². The number of benzene rings is 1. The van der Waals surface area contributed by atoms with Crippen LogP contribution in [0.15, 0.2) is 22.7 Å². The van der Waals surface area contributed by atoms with Gasteiger partial charge in [-0.15, -0.1) is 0 Å². The number of ether oxygens (including phenoxy) is 2. The van der Waals surface area contributed by atoms with E-state index < -0.39 is 0 Å². The number of hydrogen-bond acceptors (Lipinski definition) is 5. The molecule has 0 spiro atoms. The van der Waals surface area contributed by atoms with Crippen molar-refractivity contribution in [3.8, 4) is 22.8 Å². The van der Waals surface area contributed by atoms with Crippen molar-refractivity contribution in [1.82, 2.24) is 5.16 Å². The molecule has 0 unspecified atom stereocenters. The molecule has 1 heterocycles. The van der Waals surface area contributed by atoms with Crippen molar-refractivity contribution in [1.29, 1.82) is 0 Å². The second kappa shape index (κ2) is 4.91. The lowest BCUT2D eigenvalue weighted by molar-refractivity contribution is 0.112. The molecule has 2 rings (SSSR count). The van der Waals surface area contributed by atoms with Gasteiger partial charge in [-0.25, -0.2) is 0 Å². The van der Waals surface area contributed by atoms with Crippen LogP contribution in [0.3, 0.4) is 0 Å². The number of rotatable bonds is 4. The van der Waals surface area contributed by atoms with Gasteiger partial charge in [0.15, 0.2) is 17.8 Å². The molecule has 0 aliphatic rings. The van der Waals surface area contributed by atoms with Gasteiger partial charge < -0.3 is 14.0 Å². The van der Waals surface area contributed by atoms with Crippen molar-refractivity contribution < 1.29 is 18.8 Å². The first kappa shape index (κ1) is 12.2. The smallest absolute Gasteiger partial charge is 0.170 e. The zero-order chi connectivity index (χ0) is 13.1. The standard InChI is InChI=1S/C13H13NO4/c1-8-10(7-15)12(14-18-8)9-5-4-6-11(16-2)13(9)17-3/h4-7H,1-3H3. The molecule has 0 saturated heterocycles. The Balaban J connectivity index is 2.66. The summed E-state index contributed by atoms with van der Waals surface area (Å²) in [5, 5.41) is 3.90. The van der Waals surface area contributed by atoms with E-state index in [1.807, 2.05) is 0 Å². The monoisotopic (exact) mass is 247 g/mol. The number of carbonyl (C=O) groups excluding carboxylic acids is 1. The minimum absolute atomic E-state index is 0.418. The van der Waals surface area contributed by atoms with Crippen molar-refractivity contribution in [3.63, 3.8) is 0 Å². The minimum Gasteiger partial charge on any atom is -0.493 e. The van der Waals surface area contributed by atoms with Crippen LogP contribution in [-0.4, -0.2) is 25.7 Å². The van der Waals surface area contributed by atoms with Gasteiger partial charge in [0.2, 0.25) is 0 Å². The number of para-hydroxylation sites is 1. The number of methoxy groups -OCH3 is 2. The Labute approximate surface area is 104 Å². The highest BCUT2D eigenvalue weighted by molar-refractivity contribution is 5.88. The maximum absolute atomic E-state index is 11.1. The van der Waals surface area contributed by atoms with Gasteiger partial charge in [-0.1, -0.05) is 11.2 Å². The van der Waals surface area contributed by atoms with Gasteiger partial charge in [-0.2, -0.15) is 0 Å². The van der Waals surface area contributed by atoms with E-state index >= 15 is 0 Å². The summed E-state index contributed by atoms with van der Waals surface area (Å²) in [6, 6.07) is 5.37. The first-order chi connectivity index (χ1) is 8.72. The number of aryl methyl sites for hydroxylation is 1. The van der Waals surface area contributed by atoms with E-state index in [0.29, 0.717) is 34.1 Å². The number of aldehydes is 1. The largest absolute Gasteiger partial charge is 0.493 e. The molecule has 0 aliphatic carbocycles. The Kier molecular flexibility index (Phi) is 3.32. The van der Waals surface area contributed by atoms with Crippen LogP contribution in [0.1, 0.15) is 16.1 Å². The van der Waals surface area contributed by atoms with Gasteiger partial charge in [0, 0.05) is 0 Å². The number of aromatic nitrogens is 1. The Morgan fingerprint density at radius 3 is 2.67 bits per heavy atom. The normalized spacial score (nSPS) is 10.2. The highest BCUT2D eigenvalue weighted by atomic mass is 16.5. The van der Waals surface area contributed by atoms with Crippen LogP contribution in [0, 0.1) is 6.92 Å². The zero-order valence-corrected chi connectivity index (χ0v) is 10.4. The highest BCUT2D eigenvalue weighted by Crippen LogP contribution is 2.38. The van der Waals surface area contributed by atoms with Crippen LogP contribution in [0.4, 0.5) is 0 Å². The van der Waals surface area contributed by atoms with Crippen LogP contribution in [-0.2, 0) is 0 Å². The fraction of sp³-hybridized carbons (Fsp3) is 0.231. The molecule has 0 radical (unpaired) electrons.